The molecule has 0 N–H and O–H groups in total. The summed E-state index contributed by atoms with van der Waals surface area (Å²) in [5.74, 6) is 4.04. The molecule has 166 valence electrons. The van der Waals surface area contributed by atoms with Gasteiger partial charge in [0.05, 0.1) is 20.0 Å². The highest BCUT2D eigenvalue weighted by molar-refractivity contribution is 7.98. The minimum Gasteiger partial charge on any atom is -0.497 e. The summed E-state index contributed by atoms with van der Waals surface area (Å²) in [6.45, 7) is 3.01. The molecule has 0 atom stereocenters. The van der Waals surface area contributed by atoms with Crippen LogP contribution in [0, 0.1) is 0 Å². The molecule has 0 radical (unpaired) electrons. The van der Waals surface area contributed by atoms with Crippen molar-refractivity contribution < 1.29 is 14.0 Å². The highest BCUT2D eigenvalue weighted by Gasteiger charge is 2.16. The van der Waals surface area contributed by atoms with Crippen LogP contribution < -0.4 is 9.47 Å². The van der Waals surface area contributed by atoms with Gasteiger partial charge in [0.15, 0.2) is 11.0 Å². The molecule has 0 saturated carbocycles. The monoisotopic (exact) mass is 451 g/mol. The average Bonchev–Trinajstić information content (AvgIpc) is 3.48. The van der Waals surface area contributed by atoms with Crippen LogP contribution in [0.2, 0.25) is 0 Å². The third kappa shape index (κ3) is 4.94. The van der Waals surface area contributed by atoms with Crippen LogP contribution in [0.3, 0.4) is 0 Å². The maximum Gasteiger partial charge on any atom is 0.237 e. The van der Waals surface area contributed by atoms with Crippen molar-refractivity contribution in [1.82, 2.24) is 24.9 Å². The Balaban J connectivity index is 1.50. The molecule has 2 heterocycles. The molecular formula is C23H25N5O3S. The number of unbranched alkanes of at least 4 members (excludes halogenated alkanes) is 1. The topological polar surface area (TPSA) is 88.1 Å². The Morgan fingerprint density at radius 2 is 1.56 bits per heavy atom. The molecule has 4 rings (SSSR count). The summed E-state index contributed by atoms with van der Waals surface area (Å²) in [6.07, 6.45) is 2.12. The van der Waals surface area contributed by atoms with Crippen LogP contribution in [-0.2, 0) is 12.3 Å². The molecule has 0 saturated heterocycles. The van der Waals surface area contributed by atoms with Crippen LogP contribution in [-0.4, -0.2) is 39.1 Å². The Labute approximate surface area is 191 Å². The van der Waals surface area contributed by atoms with E-state index in [1.807, 2.05) is 48.5 Å². The summed E-state index contributed by atoms with van der Waals surface area (Å²) in [5.41, 5.74) is 1.87. The predicted octanol–water partition coefficient (Wildman–Crippen LogP) is 5.10. The number of thioether (sulfide) groups is 1. The smallest absolute Gasteiger partial charge is 0.237 e. The summed E-state index contributed by atoms with van der Waals surface area (Å²) in [5, 5.41) is 13.8. The number of hydrogen-bond acceptors (Lipinski definition) is 8. The van der Waals surface area contributed by atoms with Gasteiger partial charge in [-0.05, 0) is 55.0 Å². The molecule has 0 fully saturated rings. The zero-order valence-corrected chi connectivity index (χ0v) is 19.1. The molecule has 9 heteroatoms. The third-order valence-electron chi connectivity index (χ3n) is 4.94. The molecule has 0 spiro atoms. The van der Waals surface area contributed by atoms with Crippen molar-refractivity contribution in [2.24, 2.45) is 0 Å². The van der Waals surface area contributed by atoms with Crippen molar-refractivity contribution in [3.63, 3.8) is 0 Å². The van der Waals surface area contributed by atoms with E-state index in [2.05, 4.69) is 31.8 Å². The maximum absolute atomic E-state index is 5.45. The molecule has 2 aromatic carbocycles. The van der Waals surface area contributed by atoms with Crippen LogP contribution in [0.1, 0.15) is 25.7 Å². The van der Waals surface area contributed by atoms with E-state index in [0.717, 1.165) is 53.0 Å². The van der Waals surface area contributed by atoms with Gasteiger partial charge in [0.25, 0.3) is 0 Å². The van der Waals surface area contributed by atoms with Gasteiger partial charge in [-0.25, -0.2) is 0 Å². The number of ether oxygens (including phenoxy) is 2. The zero-order chi connectivity index (χ0) is 22.3. The van der Waals surface area contributed by atoms with E-state index in [-0.39, 0.29) is 0 Å². The standard InChI is InChI=1S/C23H25N5O3S/c1-4-5-14-28-22(17-8-12-19(30-3)13-9-17)25-26-23(28)32-15-20-24-21(27-31-20)16-6-10-18(29-2)11-7-16/h6-13H,4-5,14-15H2,1-3H3. The molecule has 0 aliphatic carbocycles. The second-order valence-corrected chi connectivity index (χ2v) is 8.01. The second kappa shape index (κ2) is 10.3. The number of hydrogen-bond donors (Lipinski definition) is 0. The molecule has 2 aromatic heterocycles. The molecule has 0 amide bonds. The number of nitrogens with zero attached hydrogens (tertiary/aromatic N) is 5. The molecule has 32 heavy (non-hydrogen) atoms. The lowest BCUT2D eigenvalue weighted by Crippen LogP contribution is -2.02. The highest BCUT2D eigenvalue weighted by Crippen LogP contribution is 2.28. The van der Waals surface area contributed by atoms with E-state index in [1.54, 1.807) is 14.2 Å². The lowest BCUT2D eigenvalue weighted by molar-refractivity contribution is 0.391. The van der Waals surface area contributed by atoms with E-state index >= 15 is 0 Å². The second-order valence-electron chi connectivity index (χ2n) is 7.07. The lowest BCUT2D eigenvalue weighted by Gasteiger charge is -2.09. The van der Waals surface area contributed by atoms with Gasteiger partial charge in [-0.15, -0.1) is 10.2 Å². The number of benzene rings is 2. The van der Waals surface area contributed by atoms with Gasteiger partial charge >= 0.3 is 0 Å². The summed E-state index contributed by atoms with van der Waals surface area (Å²) in [4.78, 5) is 4.52. The van der Waals surface area contributed by atoms with Crippen LogP contribution in [0.4, 0.5) is 0 Å². The normalized spacial score (nSPS) is 11.0. The summed E-state index contributed by atoms with van der Waals surface area (Å²) < 4.78 is 18.1. The minimum atomic E-state index is 0.510. The highest BCUT2D eigenvalue weighted by atomic mass is 32.2. The zero-order valence-electron chi connectivity index (χ0n) is 18.3. The van der Waals surface area contributed by atoms with E-state index in [4.69, 9.17) is 14.0 Å². The Morgan fingerprint density at radius 1 is 0.906 bits per heavy atom. The third-order valence-corrected chi connectivity index (χ3v) is 5.89. The Bertz CT molecular complexity index is 1140. The van der Waals surface area contributed by atoms with E-state index in [0.29, 0.717) is 17.5 Å². The minimum absolute atomic E-state index is 0.510. The predicted molar refractivity (Wildman–Crippen MR) is 123 cm³/mol. The van der Waals surface area contributed by atoms with Crippen molar-refractivity contribution in [2.75, 3.05) is 14.2 Å². The van der Waals surface area contributed by atoms with Crippen molar-refractivity contribution >= 4 is 11.8 Å². The van der Waals surface area contributed by atoms with E-state index < -0.39 is 0 Å². The first-order chi connectivity index (χ1) is 15.7. The molecule has 4 aromatic rings. The fourth-order valence-electron chi connectivity index (χ4n) is 3.16. The molecule has 0 unspecified atom stereocenters. The lowest BCUT2D eigenvalue weighted by atomic mass is 10.2. The van der Waals surface area contributed by atoms with Gasteiger partial charge in [-0.1, -0.05) is 30.3 Å². The summed E-state index contributed by atoms with van der Waals surface area (Å²) in [7, 11) is 3.29. The number of rotatable bonds is 10. The Hall–Kier alpha value is -3.33. The van der Waals surface area contributed by atoms with Gasteiger partial charge in [0.2, 0.25) is 11.7 Å². The largest absolute Gasteiger partial charge is 0.497 e. The van der Waals surface area contributed by atoms with Crippen molar-refractivity contribution in [3.8, 4) is 34.3 Å². The quantitative estimate of drug-likeness (QED) is 0.308. The van der Waals surface area contributed by atoms with Crippen LogP contribution >= 0.6 is 11.8 Å². The Morgan fingerprint density at radius 3 is 2.19 bits per heavy atom. The molecule has 0 aliphatic rings. The number of aromatic nitrogens is 5. The van der Waals surface area contributed by atoms with Crippen molar-refractivity contribution in [3.05, 3.63) is 54.4 Å². The van der Waals surface area contributed by atoms with E-state index in [9.17, 15) is 0 Å². The van der Waals surface area contributed by atoms with Crippen molar-refractivity contribution in [1.29, 1.82) is 0 Å². The van der Waals surface area contributed by atoms with Crippen LogP contribution in [0.15, 0.2) is 58.2 Å². The van der Waals surface area contributed by atoms with Gasteiger partial charge in [-0.3, -0.25) is 0 Å². The molecular weight excluding hydrogens is 426 g/mol. The Kier molecular flexibility index (Phi) is 7.06. The summed E-state index contributed by atoms with van der Waals surface area (Å²) in [6, 6.07) is 15.4. The first-order valence-corrected chi connectivity index (χ1v) is 11.4. The molecule has 0 bridgehead atoms. The SMILES string of the molecule is CCCCn1c(SCc2nc(-c3ccc(OC)cc3)no2)nnc1-c1ccc(OC)cc1. The molecule has 0 aliphatic heterocycles. The first kappa shape index (κ1) is 21.9. The first-order valence-electron chi connectivity index (χ1n) is 10.4. The number of methoxy groups -OCH3 is 2. The van der Waals surface area contributed by atoms with Gasteiger partial charge in [0.1, 0.15) is 11.5 Å². The maximum atomic E-state index is 5.45. The van der Waals surface area contributed by atoms with E-state index in [1.165, 1.54) is 11.8 Å². The summed E-state index contributed by atoms with van der Waals surface area (Å²) >= 11 is 1.54. The van der Waals surface area contributed by atoms with Gasteiger partial charge in [-0.2, -0.15) is 4.98 Å². The van der Waals surface area contributed by atoms with Gasteiger partial charge in [0, 0.05) is 17.7 Å². The van der Waals surface area contributed by atoms with Crippen LogP contribution in [0.25, 0.3) is 22.8 Å². The van der Waals surface area contributed by atoms with Crippen molar-refractivity contribution in [2.45, 2.75) is 37.2 Å². The fraction of sp³-hybridized carbons (Fsp3) is 0.304. The average molecular weight is 452 g/mol. The van der Waals surface area contributed by atoms with Crippen LogP contribution in [0.5, 0.6) is 11.5 Å². The molecule has 8 nitrogen and oxygen atoms in total. The fourth-order valence-corrected chi connectivity index (χ4v) is 3.97. The van der Waals surface area contributed by atoms with Gasteiger partial charge < -0.3 is 18.6 Å².